The average molecular weight is 543 g/mol. The molecule has 1 aromatic heterocycles. The molecule has 1 aromatic carbocycles. The summed E-state index contributed by atoms with van der Waals surface area (Å²) in [5.74, 6) is -1.38. The third-order valence-corrected chi connectivity index (χ3v) is 5.87. The highest BCUT2D eigenvalue weighted by molar-refractivity contribution is 6.30. The molecule has 3 amide bonds. The largest absolute Gasteiger partial charge is 0.466 e. The summed E-state index contributed by atoms with van der Waals surface area (Å²) >= 11 is 5.87. The number of carbonyl (C=O) groups is 4. The number of nitrogens with zero attached hydrogens (tertiary/aromatic N) is 2. The van der Waals surface area contributed by atoms with E-state index in [1.54, 1.807) is 56.0 Å². The maximum absolute atomic E-state index is 13.1. The molecule has 0 radical (unpaired) electrons. The number of benzene rings is 1. The number of methoxy groups -OCH3 is 1. The Morgan fingerprint density at radius 3 is 2.39 bits per heavy atom. The Hall–Kier alpha value is -3.92. The molecule has 0 spiro atoms. The molecule has 1 fully saturated rings. The van der Waals surface area contributed by atoms with Gasteiger partial charge in [-0.1, -0.05) is 17.7 Å². The number of esters is 1. The summed E-state index contributed by atoms with van der Waals surface area (Å²) in [5, 5.41) is 5.95. The van der Waals surface area contributed by atoms with Crippen LogP contribution in [0, 0.1) is 5.92 Å². The molecular weight excluding hydrogens is 512 g/mol. The normalized spacial score (nSPS) is 14.2. The molecule has 0 aliphatic carbocycles. The molecule has 0 unspecified atom stereocenters. The average Bonchev–Trinajstić information content (AvgIpc) is 2.88. The molecule has 10 nitrogen and oxygen atoms in total. The standard InChI is InChI=1S/C27H31ClN4O6/c1-27(2,3)38-26(36)32-13-11-18(12-14-32)24(34)30-21-8-5-17(6-10-23(33)37-4)15-20(21)25(35)31-22-9-7-19(28)16-29-22/h5-10,15-16,18H,11-14H2,1-4H3,(H,30,34)(H,29,31,35)/b10-6+. The molecule has 2 heterocycles. The lowest BCUT2D eigenvalue weighted by Crippen LogP contribution is -2.43. The maximum atomic E-state index is 13.1. The van der Waals surface area contributed by atoms with Crippen molar-refractivity contribution in [1.29, 1.82) is 0 Å². The fourth-order valence-corrected chi connectivity index (χ4v) is 3.83. The summed E-state index contributed by atoms with van der Waals surface area (Å²) in [6.45, 7) is 6.19. The summed E-state index contributed by atoms with van der Waals surface area (Å²) in [5.41, 5.74) is 0.426. The predicted molar refractivity (Wildman–Crippen MR) is 144 cm³/mol. The number of ether oxygens (including phenoxy) is 2. The van der Waals surface area contributed by atoms with Crippen LogP contribution in [-0.4, -0.2) is 59.6 Å². The quantitative estimate of drug-likeness (QED) is 0.398. The number of halogens is 1. The van der Waals surface area contributed by atoms with Crippen LogP contribution in [-0.2, 0) is 19.1 Å². The van der Waals surface area contributed by atoms with Gasteiger partial charge in [0, 0.05) is 31.3 Å². The van der Waals surface area contributed by atoms with Crippen molar-refractivity contribution in [2.75, 3.05) is 30.8 Å². The van der Waals surface area contributed by atoms with Gasteiger partial charge in [0.15, 0.2) is 0 Å². The van der Waals surface area contributed by atoms with Gasteiger partial charge >= 0.3 is 12.1 Å². The van der Waals surface area contributed by atoms with E-state index in [1.807, 2.05) is 0 Å². The smallest absolute Gasteiger partial charge is 0.410 e. The van der Waals surface area contributed by atoms with Crippen LogP contribution in [0.5, 0.6) is 0 Å². The van der Waals surface area contributed by atoms with Crippen molar-refractivity contribution in [3.63, 3.8) is 0 Å². The van der Waals surface area contributed by atoms with Crippen molar-refractivity contribution >= 4 is 53.1 Å². The van der Waals surface area contributed by atoms with Crippen LogP contribution in [0.2, 0.25) is 5.02 Å². The molecule has 1 aliphatic rings. The lowest BCUT2D eigenvalue weighted by atomic mass is 9.95. The van der Waals surface area contributed by atoms with Crippen molar-refractivity contribution in [2.24, 2.45) is 5.92 Å². The van der Waals surface area contributed by atoms with Crippen molar-refractivity contribution in [3.8, 4) is 0 Å². The van der Waals surface area contributed by atoms with Crippen molar-refractivity contribution in [1.82, 2.24) is 9.88 Å². The van der Waals surface area contributed by atoms with Gasteiger partial charge in [-0.25, -0.2) is 14.6 Å². The third-order valence-electron chi connectivity index (χ3n) is 5.65. The van der Waals surface area contributed by atoms with Gasteiger partial charge in [0.25, 0.3) is 5.91 Å². The van der Waals surface area contributed by atoms with Gasteiger partial charge in [0.2, 0.25) is 5.91 Å². The molecule has 3 rings (SSSR count). The first-order valence-electron chi connectivity index (χ1n) is 12.1. The van der Waals surface area contributed by atoms with Crippen LogP contribution < -0.4 is 10.6 Å². The molecule has 38 heavy (non-hydrogen) atoms. The van der Waals surface area contributed by atoms with E-state index in [-0.39, 0.29) is 23.2 Å². The first kappa shape index (κ1) is 28.6. The van der Waals surface area contributed by atoms with E-state index in [0.717, 1.165) is 0 Å². The van der Waals surface area contributed by atoms with Crippen LogP contribution in [0.15, 0.2) is 42.6 Å². The number of hydrogen-bond donors (Lipinski definition) is 2. The summed E-state index contributed by atoms with van der Waals surface area (Å²) < 4.78 is 10.0. The van der Waals surface area contributed by atoms with E-state index in [2.05, 4.69) is 20.4 Å². The summed E-state index contributed by atoms with van der Waals surface area (Å²) in [7, 11) is 1.27. The number of pyridine rings is 1. The van der Waals surface area contributed by atoms with E-state index < -0.39 is 23.6 Å². The SMILES string of the molecule is COC(=O)/C=C/c1ccc(NC(=O)C2CCN(C(=O)OC(C)(C)C)CC2)c(C(=O)Nc2ccc(Cl)cn2)c1. The fraction of sp³-hybridized carbons (Fsp3) is 0.370. The Morgan fingerprint density at radius 1 is 1.08 bits per heavy atom. The molecule has 0 atom stereocenters. The second-order valence-electron chi connectivity index (χ2n) is 9.71. The number of amides is 3. The molecule has 2 aromatic rings. The van der Waals surface area contributed by atoms with Crippen LogP contribution in [0.3, 0.4) is 0 Å². The van der Waals surface area contributed by atoms with Crippen LogP contribution in [0.4, 0.5) is 16.3 Å². The highest BCUT2D eigenvalue weighted by Crippen LogP contribution is 2.25. The highest BCUT2D eigenvalue weighted by Gasteiger charge is 2.30. The Labute approximate surface area is 226 Å². The van der Waals surface area contributed by atoms with Gasteiger partial charge in [0.05, 0.1) is 23.4 Å². The first-order chi connectivity index (χ1) is 17.9. The number of likely N-dealkylation sites (tertiary alicyclic amines) is 1. The number of aromatic nitrogens is 1. The Morgan fingerprint density at radius 2 is 1.79 bits per heavy atom. The maximum Gasteiger partial charge on any atom is 0.410 e. The molecule has 1 saturated heterocycles. The van der Waals surface area contributed by atoms with Crippen LogP contribution >= 0.6 is 11.6 Å². The second-order valence-corrected chi connectivity index (χ2v) is 10.1. The fourth-order valence-electron chi connectivity index (χ4n) is 3.71. The number of carbonyl (C=O) groups excluding carboxylic acids is 4. The number of hydrogen-bond acceptors (Lipinski definition) is 7. The first-order valence-corrected chi connectivity index (χ1v) is 12.4. The van der Waals surface area contributed by atoms with E-state index in [1.165, 1.54) is 25.5 Å². The van der Waals surface area contributed by atoms with Crippen molar-refractivity contribution < 1.29 is 28.7 Å². The predicted octanol–water partition coefficient (Wildman–Crippen LogP) is 4.76. The zero-order valence-electron chi connectivity index (χ0n) is 21.7. The number of rotatable bonds is 6. The summed E-state index contributed by atoms with van der Waals surface area (Å²) in [6.07, 6.45) is 4.65. The zero-order valence-corrected chi connectivity index (χ0v) is 22.5. The van der Waals surface area contributed by atoms with Gasteiger partial charge in [0.1, 0.15) is 11.4 Å². The Balaban J connectivity index is 1.75. The van der Waals surface area contributed by atoms with E-state index in [0.29, 0.717) is 42.2 Å². The van der Waals surface area contributed by atoms with Gasteiger partial charge in [-0.15, -0.1) is 0 Å². The minimum Gasteiger partial charge on any atom is -0.466 e. The van der Waals surface area contributed by atoms with Crippen LogP contribution in [0.25, 0.3) is 6.08 Å². The molecular formula is C27H31ClN4O6. The highest BCUT2D eigenvalue weighted by atomic mass is 35.5. The molecule has 202 valence electrons. The lowest BCUT2D eigenvalue weighted by molar-refractivity contribution is -0.134. The number of nitrogens with one attached hydrogen (secondary N) is 2. The molecule has 0 bridgehead atoms. The van der Waals surface area contributed by atoms with Crippen molar-refractivity contribution in [2.45, 2.75) is 39.2 Å². The van der Waals surface area contributed by atoms with Gasteiger partial charge in [-0.3, -0.25) is 9.59 Å². The summed E-state index contributed by atoms with van der Waals surface area (Å²) in [4.78, 5) is 55.7. The minimum absolute atomic E-state index is 0.174. The monoisotopic (exact) mass is 542 g/mol. The van der Waals surface area contributed by atoms with E-state index in [4.69, 9.17) is 16.3 Å². The number of piperidine rings is 1. The minimum atomic E-state index is -0.595. The van der Waals surface area contributed by atoms with Gasteiger partial charge in [-0.05, 0) is 69.5 Å². The molecule has 0 saturated carbocycles. The molecule has 11 heteroatoms. The zero-order chi connectivity index (χ0) is 27.9. The molecule has 2 N–H and O–H groups in total. The van der Waals surface area contributed by atoms with E-state index in [9.17, 15) is 19.2 Å². The van der Waals surface area contributed by atoms with Gasteiger partial charge in [-0.2, -0.15) is 0 Å². The topological polar surface area (TPSA) is 127 Å². The van der Waals surface area contributed by atoms with Crippen molar-refractivity contribution in [3.05, 3.63) is 58.8 Å². The van der Waals surface area contributed by atoms with Gasteiger partial charge < -0.3 is 25.0 Å². The lowest BCUT2D eigenvalue weighted by Gasteiger charge is -2.33. The van der Waals surface area contributed by atoms with Crippen LogP contribution in [0.1, 0.15) is 49.5 Å². The summed E-state index contributed by atoms with van der Waals surface area (Å²) in [6, 6.07) is 7.95. The Kier molecular flexibility index (Phi) is 9.46. The molecule has 1 aliphatic heterocycles. The second kappa shape index (κ2) is 12.6. The number of anilines is 2. The third kappa shape index (κ3) is 8.31. The van der Waals surface area contributed by atoms with E-state index >= 15 is 0 Å². The Bertz CT molecular complexity index is 1220.